The Labute approximate surface area is 145 Å². The summed E-state index contributed by atoms with van der Waals surface area (Å²) in [6.45, 7) is 0. The zero-order valence-electron chi connectivity index (χ0n) is 14.0. The number of anilines is 3. The molecule has 0 aliphatic heterocycles. The van der Waals surface area contributed by atoms with Gasteiger partial charge in [-0.25, -0.2) is 9.78 Å². The van der Waals surface area contributed by atoms with Gasteiger partial charge in [-0.1, -0.05) is 30.3 Å². The molecule has 0 aliphatic carbocycles. The van der Waals surface area contributed by atoms with Gasteiger partial charge in [0.25, 0.3) is 0 Å². The summed E-state index contributed by atoms with van der Waals surface area (Å²) in [5, 5.41) is 6.20. The third-order valence-corrected chi connectivity index (χ3v) is 3.60. The number of rotatable bonds is 5. The molecule has 1 heterocycles. The normalized spacial score (nSPS) is 10.2. The zero-order valence-corrected chi connectivity index (χ0v) is 14.0. The van der Waals surface area contributed by atoms with Crippen LogP contribution in [0.25, 0.3) is 11.3 Å². The number of esters is 1. The van der Waals surface area contributed by atoms with Crippen molar-refractivity contribution in [2.45, 2.75) is 0 Å². The molecule has 126 valence electrons. The molecule has 6 heteroatoms. The van der Waals surface area contributed by atoms with Crippen molar-refractivity contribution in [1.29, 1.82) is 0 Å². The first kappa shape index (κ1) is 16.4. The van der Waals surface area contributed by atoms with E-state index in [-0.39, 0.29) is 5.97 Å². The van der Waals surface area contributed by atoms with Crippen LogP contribution in [0.15, 0.2) is 60.7 Å². The van der Waals surface area contributed by atoms with E-state index in [1.54, 1.807) is 31.3 Å². The van der Waals surface area contributed by atoms with Gasteiger partial charge in [-0.3, -0.25) is 0 Å². The van der Waals surface area contributed by atoms with Crippen LogP contribution in [0.2, 0.25) is 0 Å². The average molecular weight is 334 g/mol. The van der Waals surface area contributed by atoms with Gasteiger partial charge in [-0.2, -0.15) is 4.98 Å². The van der Waals surface area contributed by atoms with E-state index in [4.69, 9.17) is 4.74 Å². The summed E-state index contributed by atoms with van der Waals surface area (Å²) in [6.07, 6.45) is 0. The SMILES string of the molecule is CNc1nc(Nc2ccc(C(=O)OC)cc2)cc(-c2ccccc2)n1. The van der Waals surface area contributed by atoms with E-state index in [2.05, 4.69) is 20.6 Å². The first-order chi connectivity index (χ1) is 12.2. The molecular formula is C19H18N4O2. The summed E-state index contributed by atoms with van der Waals surface area (Å²) < 4.78 is 4.70. The van der Waals surface area contributed by atoms with Gasteiger partial charge in [0.2, 0.25) is 5.95 Å². The van der Waals surface area contributed by atoms with Crippen LogP contribution in [0.5, 0.6) is 0 Å². The topological polar surface area (TPSA) is 76.1 Å². The summed E-state index contributed by atoms with van der Waals surface area (Å²) in [7, 11) is 3.14. The van der Waals surface area contributed by atoms with Crippen molar-refractivity contribution >= 4 is 23.4 Å². The lowest BCUT2D eigenvalue weighted by molar-refractivity contribution is 0.0601. The van der Waals surface area contributed by atoms with E-state index in [0.717, 1.165) is 16.9 Å². The second-order valence-corrected chi connectivity index (χ2v) is 5.27. The Morgan fingerprint density at radius 2 is 1.72 bits per heavy atom. The number of nitrogens with one attached hydrogen (secondary N) is 2. The van der Waals surface area contributed by atoms with E-state index in [9.17, 15) is 4.79 Å². The van der Waals surface area contributed by atoms with Gasteiger partial charge in [0.1, 0.15) is 5.82 Å². The molecule has 25 heavy (non-hydrogen) atoms. The van der Waals surface area contributed by atoms with Gasteiger partial charge in [0.05, 0.1) is 18.4 Å². The number of carbonyl (C=O) groups is 1. The Bertz CT molecular complexity index is 864. The molecule has 2 aromatic carbocycles. The van der Waals surface area contributed by atoms with Crippen molar-refractivity contribution in [3.05, 3.63) is 66.2 Å². The fraction of sp³-hybridized carbons (Fsp3) is 0.105. The Morgan fingerprint density at radius 1 is 1.00 bits per heavy atom. The minimum atomic E-state index is -0.364. The quantitative estimate of drug-likeness (QED) is 0.693. The lowest BCUT2D eigenvalue weighted by Crippen LogP contribution is -2.03. The van der Waals surface area contributed by atoms with E-state index in [1.807, 2.05) is 36.4 Å². The summed E-state index contributed by atoms with van der Waals surface area (Å²) in [5.74, 6) is 0.816. The molecule has 0 spiro atoms. The molecule has 0 unspecified atom stereocenters. The highest BCUT2D eigenvalue weighted by Crippen LogP contribution is 2.23. The van der Waals surface area contributed by atoms with Crippen molar-refractivity contribution in [2.75, 3.05) is 24.8 Å². The minimum absolute atomic E-state index is 0.364. The fourth-order valence-electron chi connectivity index (χ4n) is 2.34. The number of nitrogens with zero attached hydrogens (tertiary/aromatic N) is 2. The molecular weight excluding hydrogens is 316 g/mol. The van der Waals surface area contributed by atoms with Gasteiger partial charge in [0, 0.05) is 24.4 Å². The van der Waals surface area contributed by atoms with E-state index >= 15 is 0 Å². The maximum absolute atomic E-state index is 11.5. The summed E-state index contributed by atoms with van der Waals surface area (Å²) >= 11 is 0. The molecule has 0 radical (unpaired) electrons. The summed E-state index contributed by atoms with van der Waals surface area (Å²) in [4.78, 5) is 20.4. The molecule has 0 saturated carbocycles. The highest BCUT2D eigenvalue weighted by molar-refractivity contribution is 5.89. The Kier molecular flexibility index (Phi) is 4.89. The van der Waals surface area contributed by atoms with Crippen molar-refractivity contribution < 1.29 is 9.53 Å². The second kappa shape index (κ2) is 7.44. The van der Waals surface area contributed by atoms with Crippen LogP contribution in [0.4, 0.5) is 17.5 Å². The van der Waals surface area contributed by atoms with Gasteiger partial charge in [0.15, 0.2) is 0 Å². The van der Waals surface area contributed by atoms with Gasteiger partial charge >= 0.3 is 5.97 Å². The monoisotopic (exact) mass is 334 g/mol. The molecule has 0 amide bonds. The van der Waals surface area contributed by atoms with E-state index in [0.29, 0.717) is 17.3 Å². The summed E-state index contributed by atoms with van der Waals surface area (Å²) in [6, 6.07) is 18.8. The van der Waals surface area contributed by atoms with Crippen LogP contribution in [-0.4, -0.2) is 30.1 Å². The molecule has 0 bridgehead atoms. The number of carbonyl (C=O) groups excluding carboxylic acids is 1. The fourth-order valence-corrected chi connectivity index (χ4v) is 2.34. The van der Waals surface area contributed by atoms with Gasteiger partial charge in [-0.15, -0.1) is 0 Å². The lowest BCUT2D eigenvalue weighted by atomic mass is 10.1. The smallest absolute Gasteiger partial charge is 0.337 e. The Balaban J connectivity index is 1.88. The Morgan fingerprint density at radius 3 is 2.36 bits per heavy atom. The predicted molar refractivity (Wildman–Crippen MR) is 98.1 cm³/mol. The number of methoxy groups -OCH3 is 1. The number of ether oxygens (including phenoxy) is 1. The first-order valence-corrected chi connectivity index (χ1v) is 7.77. The lowest BCUT2D eigenvalue weighted by Gasteiger charge is -2.10. The van der Waals surface area contributed by atoms with Crippen molar-refractivity contribution in [1.82, 2.24) is 9.97 Å². The Hall–Kier alpha value is -3.41. The molecule has 0 saturated heterocycles. The molecule has 0 fully saturated rings. The standard InChI is InChI=1S/C19H18N4O2/c1-20-19-22-16(13-6-4-3-5-7-13)12-17(23-19)21-15-10-8-14(9-11-15)18(24)25-2/h3-12H,1-2H3,(H2,20,21,22,23). The van der Waals surface area contributed by atoms with Gasteiger partial charge in [-0.05, 0) is 24.3 Å². The molecule has 6 nitrogen and oxygen atoms in total. The van der Waals surface area contributed by atoms with Crippen LogP contribution in [0.3, 0.4) is 0 Å². The predicted octanol–water partition coefficient (Wildman–Crippen LogP) is 3.72. The van der Waals surface area contributed by atoms with Crippen molar-refractivity contribution in [2.24, 2.45) is 0 Å². The number of hydrogen-bond donors (Lipinski definition) is 2. The molecule has 3 aromatic rings. The van der Waals surface area contributed by atoms with E-state index in [1.165, 1.54) is 7.11 Å². The van der Waals surface area contributed by atoms with E-state index < -0.39 is 0 Å². The van der Waals surface area contributed by atoms with Gasteiger partial charge < -0.3 is 15.4 Å². The van der Waals surface area contributed by atoms with Crippen LogP contribution in [0.1, 0.15) is 10.4 Å². The molecule has 1 aromatic heterocycles. The molecule has 3 rings (SSSR count). The molecule has 2 N–H and O–H groups in total. The average Bonchev–Trinajstić information content (AvgIpc) is 2.68. The zero-order chi connectivity index (χ0) is 17.6. The number of hydrogen-bond acceptors (Lipinski definition) is 6. The van der Waals surface area contributed by atoms with Crippen LogP contribution in [0, 0.1) is 0 Å². The highest BCUT2D eigenvalue weighted by Gasteiger charge is 2.08. The van der Waals surface area contributed by atoms with Crippen molar-refractivity contribution in [3.63, 3.8) is 0 Å². The summed E-state index contributed by atoms with van der Waals surface area (Å²) in [5.41, 5.74) is 3.13. The maximum Gasteiger partial charge on any atom is 0.337 e. The molecule has 0 aliphatic rings. The third-order valence-electron chi connectivity index (χ3n) is 3.60. The number of benzene rings is 2. The highest BCUT2D eigenvalue weighted by atomic mass is 16.5. The number of aromatic nitrogens is 2. The van der Waals surface area contributed by atoms with Crippen LogP contribution < -0.4 is 10.6 Å². The largest absolute Gasteiger partial charge is 0.465 e. The van der Waals surface area contributed by atoms with Crippen LogP contribution >= 0.6 is 0 Å². The van der Waals surface area contributed by atoms with Crippen LogP contribution in [-0.2, 0) is 4.74 Å². The molecule has 0 atom stereocenters. The second-order valence-electron chi connectivity index (χ2n) is 5.27. The van der Waals surface area contributed by atoms with Crippen molar-refractivity contribution in [3.8, 4) is 11.3 Å². The maximum atomic E-state index is 11.5. The minimum Gasteiger partial charge on any atom is -0.465 e. The third kappa shape index (κ3) is 3.92. The first-order valence-electron chi connectivity index (χ1n) is 7.77.